The number of unbranched alkanes of at least 4 members (excludes halogenated alkanes) is 33. The van der Waals surface area contributed by atoms with Crippen LogP contribution < -0.4 is 5.32 Å². The predicted molar refractivity (Wildman–Crippen MR) is 349 cm³/mol. The van der Waals surface area contributed by atoms with Gasteiger partial charge >= 0.3 is 0 Å². The van der Waals surface area contributed by atoms with Gasteiger partial charge in [0.25, 0.3) is 0 Å². The first kappa shape index (κ1) is 74.5. The SMILES string of the molecule is CC/C=C\C/C=C\C/C=C\C/C=C\C/C=C\C/C=C\C/C=C\C/C=C\CCCCCCCCCCCCCCCCCCC(=O)NC(CO)C(O)/C=C/CC/C=C/CC/C=C/CCCCCCCCCCCCCCCCC. The summed E-state index contributed by atoms with van der Waals surface area (Å²) in [6.45, 7) is 4.19. The van der Waals surface area contributed by atoms with E-state index in [1.165, 1.54) is 199 Å². The third-order valence-electron chi connectivity index (χ3n) is 14.6. The van der Waals surface area contributed by atoms with Gasteiger partial charge in [-0.15, -0.1) is 0 Å². The molecule has 0 aliphatic carbocycles. The van der Waals surface area contributed by atoms with E-state index < -0.39 is 12.1 Å². The lowest BCUT2D eigenvalue weighted by molar-refractivity contribution is -0.123. The lowest BCUT2D eigenvalue weighted by atomic mass is 10.0. The molecular formula is C74H127NO3. The minimum atomic E-state index is -0.878. The smallest absolute Gasteiger partial charge is 0.220 e. The van der Waals surface area contributed by atoms with E-state index in [2.05, 4.69) is 141 Å². The fourth-order valence-electron chi connectivity index (χ4n) is 9.58. The van der Waals surface area contributed by atoms with Crippen LogP contribution in [0.25, 0.3) is 0 Å². The number of nitrogens with one attached hydrogen (secondary N) is 1. The summed E-state index contributed by atoms with van der Waals surface area (Å²) in [5.41, 5.74) is 0. The van der Waals surface area contributed by atoms with Gasteiger partial charge in [-0.1, -0.05) is 327 Å². The van der Waals surface area contributed by atoms with Crippen LogP contribution in [0, 0.1) is 0 Å². The van der Waals surface area contributed by atoms with Crippen molar-refractivity contribution in [2.24, 2.45) is 0 Å². The number of aliphatic hydroxyl groups excluding tert-OH is 2. The van der Waals surface area contributed by atoms with Crippen molar-refractivity contribution in [3.8, 4) is 0 Å². The second kappa shape index (κ2) is 67.8. The van der Waals surface area contributed by atoms with Crippen LogP contribution in [0.1, 0.15) is 309 Å². The van der Waals surface area contributed by atoms with E-state index in [4.69, 9.17) is 0 Å². The Kier molecular flexibility index (Phi) is 64.8. The molecule has 446 valence electrons. The van der Waals surface area contributed by atoms with Crippen LogP contribution in [-0.4, -0.2) is 34.9 Å². The maximum atomic E-state index is 12.5. The number of hydrogen-bond donors (Lipinski definition) is 3. The highest BCUT2D eigenvalue weighted by molar-refractivity contribution is 5.76. The molecule has 0 aromatic carbocycles. The van der Waals surface area contributed by atoms with Gasteiger partial charge in [-0.2, -0.15) is 0 Å². The van der Waals surface area contributed by atoms with Crippen molar-refractivity contribution < 1.29 is 15.0 Å². The topological polar surface area (TPSA) is 69.6 Å². The lowest BCUT2D eigenvalue weighted by Crippen LogP contribution is -2.45. The number of allylic oxidation sites excluding steroid dienone is 21. The summed E-state index contributed by atoms with van der Waals surface area (Å²) in [5, 5.41) is 23.2. The Morgan fingerprint density at radius 3 is 0.897 bits per heavy atom. The Morgan fingerprint density at radius 2 is 0.577 bits per heavy atom. The van der Waals surface area contributed by atoms with Crippen molar-refractivity contribution in [3.63, 3.8) is 0 Å². The van der Waals surface area contributed by atoms with Gasteiger partial charge in [-0.25, -0.2) is 0 Å². The van der Waals surface area contributed by atoms with Gasteiger partial charge in [0, 0.05) is 6.42 Å². The van der Waals surface area contributed by atoms with Crippen molar-refractivity contribution in [1.82, 2.24) is 5.32 Å². The summed E-state index contributed by atoms with van der Waals surface area (Å²) in [6.07, 6.45) is 105. The van der Waals surface area contributed by atoms with Gasteiger partial charge in [0.2, 0.25) is 5.91 Å². The second-order valence-corrected chi connectivity index (χ2v) is 22.1. The molecule has 0 fully saturated rings. The number of amides is 1. The van der Waals surface area contributed by atoms with Crippen molar-refractivity contribution >= 4 is 5.91 Å². The van der Waals surface area contributed by atoms with E-state index in [1.54, 1.807) is 6.08 Å². The average Bonchev–Trinajstić information content (AvgIpc) is 3.44. The van der Waals surface area contributed by atoms with Gasteiger partial charge in [-0.3, -0.25) is 4.79 Å². The first-order chi connectivity index (χ1) is 38.7. The Hall–Kier alpha value is -3.47. The highest BCUT2D eigenvalue weighted by Crippen LogP contribution is 2.17. The van der Waals surface area contributed by atoms with Crippen molar-refractivity contribution in [3.05, 3.63) is 134 Å². The zero-order valence-electron chi connectivity index (χ0n) is 51.4. The Balaban J connectivity index is 3.56. The van der Waals surface area contributed by atoms with E-state index >= 15 is 0 Å². The molecule has 0 spiro atoms. The number of rotatable bonds is 60. The molecule has 0 aromatic rings. The minimum absolute atomic E-state index is 0.0792. The first-order valence-corrected chi connectivity index (χ1v) is 33.4. The third-order valence-corrected chi connectivity index (χ3v) is 14.6. The predicted octanol–water partition coefficient (Wildman–Crippen LogP) is 22.9. The van der Waals surface area contributed by atoms with Crippen LogP contribution in [0.15, 0.2) is 134 Å². The van der Waals surface area contributed by atoms with Crippen LogP contribution in [0.2, 0.25) is 0 Å². The zero-order chi connectivity index (χ0) is 56.2. The lowest BCUT2D eigenvalue weighted by Gasteiger charge is -2.19. The molecule has 0 saturated heterocycles. The average molecular weight is 1080 g/mol. The highest BCUT2D eigenvalue weighted by atomic mass is 16.3. The first-order valence-electron chi connectivity index (χ1n) is 33.4. The number of hydrogen-bond acceptors (Lipinski definition) is 3. The number of carbonyl (C=O) groups is 1. The van der Waals surface area contributed by atoms with Gasteiger partial charge in [0.05, 0.1) is 18.8 Å². The van der Waals surface area contributed by atoms with Crippen molar-refractivity contribution in [1.29, 1.82) is 0 Å². The summed E-state index contributed by atoms with van der Waals surface area (Å²) in [4.78, 5) is 12.5. The fourth-order valence-corrected chi connectivity index (χ4v) is 9.58. The van der Waals surface area contributed by atoms with E-state index in [9.17, 15) is 15.0 Å². The van der Waals surface area contributed by atoms with E-state index in [1.807, 2.05) is 6.08 Å². The molecule has 0 bridgehead atoms. The molecule has 4 nitrogen and oxygen atoms in total. The largest absolute Gasteiger partial charge is 0.394 e. The normalized spacial score (nSPS) is 13.6. The molecule has 1 amide bonds. The summed E-state index contributed by atoms with van der Waals surface area (Å²) < 4.78 is 0. The Bertz CT molecular complexity index is 1550. The summed E-state index contributed by atoms with van der Waals surface area (Å²) in [6, 6.07) is -0.654. The molecule has 2 atom stereocenters. The van der Waals surface area contributed by atoms with Gasteiger partial charge in [0.1, 0.15) is 0 Å². The molecule has 0 aliphatic rings. The molecule has 0 aliphatic heterocycles. The summed E-state index contributed by atoms with van der Waals surface area (Å²) in [5.74, 6) is -0.0792. The molecular weight excluding hydrogens is 951 g/mol. The standard InChI is InChI=1S/C74H127NO3/c1-3-5-7-9-11-13-15-17-19-21-23-25-27-29-30-31-32-33-34-35-36-37-38-39-40-41-42-43-44-46-48-50-52-54-56-58-60-62-64-66-68-70-74(78)75-72(71-76)73(77)69-67-65-63-61-59-57-55-53-51-49-47-45-28-26-24-22-20-18-16-14-12-10-8-6-4-2/h5,7,11,13,17,19,23,25,29-30,32-33,35-36,38-39,51,53,59,61,67,69,72-73,76-77H,3-4,6,8-10,12,14-16,18,20-22,24,26-28,31,34,37,40-50,52,54-58,60,62-66,68,70-71H2,1-2H3,(H,75,78)/b7-5-,13-11-,19-17-,25-23-,30-29-,33-32-,36-35-,39-38-,53-51+,61-59+,69-67+. The Labute approximate surface area is 485 Å². The van der Waals surface area contributed by atoms with Crippen LogP contribution in [0.3, 0.4) is 0 Å². The van der Waals surface area contributed by atoms with E-state index in [-0.39, 0.29) is 12.5 Å². The van der Waals surface area contributed by atoms with Gasteiger partial charge in [0.15, 0.2) is 0 Å². The van der Waals surface area contributed by atoms with Gasteiger partial charge in [-0.05, 0) is 109 Å². The minimum Gasteiger partial charge on any atom is -0.394 e. The molecule has 3 N–H and O–H groups in total. The van der Waals surface area contributed by atoms with E-state index in [0.717, 1.165) is 89.9 Å². The highest BCUT2D eigenvalue weighted by Gasteiger charge is 2.18. The van der Waals surface area contributed by atoms with Gasteiger partial charge < -0.3 is 15.5 Å². The Morgan fingerprint density at radius 1 is 0.321 bits per heavy atom. The fraction of sp³-hybridized carbons (Fsp3) is 0.689. The third kappa shape index (κ3) is 63.4. The monoisotopic (exact) mass is 1080 g/mol. The quantitative estimate of drug-likeness (QED) is 0.0420. The molecule has 0 radical (unpaired) electrons. The molecule has 0 rings (SSSR count). The van der Waals surface area contributed by atoms with Crippen molar-refractivity contribution in [2.45, 2.75) is 321 Å². The van der Waals surface area contributed by atoms with Crippen LogP contribution in [-0.2, 0) is 4.79 Å². The van der Waals surface area contributed by atoms with Crippen molar-refractivity contribution in [2.75, 3.05) is 6.61 Å². The van der Waals surface area contributed by atoms with Crippen LogP contribution in [0.4, 0.5) is 0 Å². The maximum Gasteiger partial charge on any atom is 0.220 e. The summed E-state index contributed by atoms with van der Waals surface area (Å²) in [7, 11) is 0. The zero-order valence-corrected chi connectivity index (χ0v) is 51.4. The molecule has 0 aromatic heterocycles. The van der Waals surface area contributed by atoms with Crippen LogP contribution in [0.5, 0.6) is 0 Å². The molecule has 0 saturated carbocycles. The second-order valence-electron chi connectivity index (χ2n) is 22.1. The number of carbonyl (C=O) groups excluding carboxylic acids is 1. The molecule has 78 heavy (non-hydrogen) atoms. The number of aliphatic hydroxyl groups is 2. The molecule has 0 heterocycles. The van der Waals surface area contributed by atoms with Crippen LogP contribution >= 0.6 is 0 Å². The molecule has 2 unspecified atom stereocenters. The maximum absolute atomic E-state index is 12.5. The molecule has 4 heteroatoms. The van der Waals surface area contributed by atoms with E-state index in [0.29, 0.717) is 6.42 Å². The summed E-state index contributed by atoms with van der Waals surface area (Å²) >= 11 is 0.